The van der Waals surface area contributed by atoms with Crippen molar-refractivity contribution >= 4 is 0 Å². The molecule has 3 N–H and O–H groups in total. The molecule has 2 heterocycles. The number of aliphatic hydroxyl groups excluding tert-OH is 2. The Bertz CT molecular complexity index is 704. The molecule has 0 saturated carbocycles. The fraction of sp³-hybridized carbons (Fsp3) is 0.538. The van der Waals surface area contributed by atoms with Crippen molar-refractivity contribution in [3.8, 4) is 12.3 Å². The highest BCUT2D eigenvalue weighted by atomic mass is 19.1. The second-order valence-electron chi connectivity index (χ2n) is 5.00. The molecule has 8 heteroatoms. The fourth-order valence-corrected chi connectivity index (χ4v) is 2.40. The molecular formula is C13H15FN2O5. The van der Waals surface area contributed by atoms with Gasteiger partial charge in [0.2, 0.25) is 5.67 Å². The fourth-order valence-electron chi connectivity index (χ4n) is 2.40. The van der Waals surface area contributed by atoms with Crippen LogP contribution in [0.4, 0.5) is 4.39 Å². The van der Waals surface area contributed by atoms with Crippen LogP contribution in [-0.4, -0.2) is 43.7 Å². The van der Waals surface area contributed by atoms with Crippen LogP contribution in [0.1, 0.15) is 18.8 Å². The van der Waals surface area contributed by atoms with E-state index in [1.165, 1.54) is 13.8 Å². The van der Waals surface area contributed by atoms with Gasteiger partial charge in [0, 0.05) is 11.8 Å². The van der Waals surface area contributed by atoms with Crippen LogP contribution in [0.5, 0.6) is 0 Å². The topological polar surface area (TPSA) is 105 Å². The summed E-state index contributed by atoms with van der Waals surface area (Å²) in [7, 11) is 0. The Morgan fingerprint density at radius 3 is 2.71 bits per heavy atom. The van der Waals surface area contributed by atoms with Gasteiger partial charge in [-0.1, -0.05) is 5.92 Å². The predicted octanol–water partition coefficient (Wildman–Crippen LogP) is -1.17. The van der Waals surface area contributed by atoms with Gasteiger partial charge in [-0.05, 0) is 13.8 Å². The molecule has 0 spiro atoms. The third kappa shape index (κ3) is 2.29. The molecule has 114 valence electrons. The number of aromatic amines is 1. The van der Waals surface area contributed by atoms with Crippen LogP contribution in [0.2, 0.25) is 0 Å². The van der Waals surface area contributed by atoms with Crippen molar-refractivity contribution < 1.29 is 19.3 Å². The Balaban J connectivity index is 2.61. The number of hydrogen-bond acceptors (Lipinski definition) is 5. The van der Waals surface area contributed by atoms with Gasteiger partial charge in [0.15, 0.2) is 6.23 Å². The van der Waals surface area contributed by atoms with Gasteiger partial charge in [-0.15, -0.1) is 6.42 Å². The van der Waals surface area contributed by atoms with Gasteiger partial charge >= 0.3 is 5.69 Å². The van der Waals surface area contributed by atoms with E-state index in [9.17, 15) is 24.2 Å². The molecule has 1 aliphatic heterocycles. The summed E-state index contributed by atoms with van der Waals surface area (Å²) in [6.45, 7) is 2.70. The molecule has 1 unspecified atom stereocenters. The van der Waals surface area contributed by atoms with E-state index in [-0.39, 0.29) is 5.69 Å². The van der Waals surface area contributed by atoms with E-state index >= 15 is 0 Å². The van der Waals surface area contributed by atoms with Gasteiger partial charge in [-0.2, -0.15) is 0 Å². The minimum atomic E-state index is -2.71. The molecule has 7 nitrogen and oxygen atoms in total. The minimum Gasteiger partial charge on any atom is -0.391 e. The van der Waals surface area contributed by atoms with Crippen molar-refractivity contribution in [3.63, 3.8) is 0 Å². The molecule has 1 fully saturated rings. The van der Waals surface area contributed by atoms with E-state index in [2.05, 4.69) is 0 Å². The zero-order valence-corrected chi connectivity index (χ0v) is 11.4. The van der Waals surface area contributed by atoms with Gasteiger partial charge in [0.25, 0.3) is 5.56 Å². The van der Waals surface area contributed by atoms with Crippen molar-refractivity contribution in [2.45, 2.75) is 44.1 Å². The van der Waals surface area contributed by atoms with Crippen molar-refractivity contribution in [1.29, 1.82) is 0 Å². The highest BCUT2D eigenvalue weighted by Crippen LogP contribution is 2.41. The maximum Gasteiger partial charge on any atom is 0.330 e. The first-order chi connectivity index (χ1) is 9.72. The second kappa shape index (κ2) is 5.11. The first-order valence-corrected chi connectivity index (χ1v) is 6.23. The summed E-state index contributed by atoms with van der Waals surface area (Å²) in [4.78, 5) is 25.1. The zero-order chi connectivity index (χ0) is 15.9. The normalized spacial score (nSPS) is 33.6. The van der Waals surface area contributed by atoms with Crippen LogP contribution in [0.25, 0.3) is 0 Å². The van der Waals surface area contributed by atoms with Gasteiger partial charge in [0.1, 0.15) is 12.2 Å². The second-order valence-corrected chi connectivity index (χ2v) is 5.00. The molecule has 1 aromatic heterocycles. The van der Waals surface area contributed by atoms with E-state index in [0.717, 1.165) is 10.6 Å². The Kier molecular flexibility index (Phi) is 3.76. The monoisotopic (exact) mass is 298 g/mol. The first-order valence-electron chi connectivity index (χ1n) is 6.23. The zero-order valence-electron chi connectivity index (χ0n) is 11.4. The number of aryl methyl sites for hydroxylation is 1. The average Bonchev–Trinajstić information content (AvgIpc) is 2.63. The predicted molar refractivity (Wildman–Crippen MR) is 70.3 cm³/mol. The lowest BCUT2D eigenvalue weighted by molar-refractivity contribution is -0.0809. The number of hydrogen-bond donors (Lipinski definition) is 3. The maximum absolute atomic E-state index is 14.9. The SMILES string of the molecule is C#C[C@@]1(F)C(O)[C@@H]([C@H](C)O)O[C@H]1n1c(C)cc(=O)[nH]c1=O. The van der Waals surface area contributed by atoms with E-state index in [4.69, 9.17) is 11.2 Å². The van der Waals surface area contributed by atoms with Gasteiger partial charge < -0.3 is 14.9 Å². The maximum atomic E-state index is 14.9. The van der Waals surface area contributed by atoms with Crippen molar-refractivity contribution in [2.24, 2.45) is 0 Å². The van der Waals surface area contributed by atoms with Crippen LogP contribution in [0.3, 0.4) is 0 Å². The molecule has 1 aromatic rings. The molecule has 5 atom stereocenters. The number of halogens is 1. The lowest BCUT2D eigenvalue weighted by atomic mass is 9.95. The lowest BCUT2D eigenvalue weighted by Crippen LogP contribution is -2.46. The number of alkyl halides is 1. The Hall–Kier alpha value is -1.95. The van der Waals surface area contributed by atoms with E-state index in [1.54, 1.807) is 5.92 Å². The minimum absolute atomic E-state index is 0.115. The summed E-state index contributed by atoms with van der Waals surface area (Å²) in [5.74, 6) is 1.79. The Morgan fingerprint density at radius 2 is 2.24 bits per heavy atom. The number of terminal acetylenes is 1. The molecule has 0 amide bonds. The lowest BCUT2D eigenvalue weighted by Gasteiger charge is -2.25. The average molecular weight is 298 g/mol. The van der Waals surface area contributed by atoms with Crippen molar-refractivity contribution in [3.05, 3.63) is 32.6 Å². The third-order valence-corrected chi connectivity index (χ3v) is 3.49. The molecule has 21 heavy (non-hydrogen) atoms. The number of nitrogens with zero attached hydrogens (tertiary/aromatic N) is 1. The number of ether oxygens (including phenoxy) is 1. The molecule has 2 rings (SSSR count). The van der Waals surface area contributed by atoms with E-state index in [1.807, 2.05) is 4.98 Å². The molecular weight excluding hydrogens is 283 g/mol. The number of nitrogens with one attached hydrogen (secondary N) is 1. The third-order valence-electron chi connectivity index (χ3n) is 3.49. The van der Waals surface area contributed by atoms with E-state index < -0.39 is 41.5 Å². The number of aliphatic hydroxyl groups is 2. The molecule has 1 saturated heterocycles. The molecule has 0 radical (unpaired) electrons. The quantitative estimate of drug-likeness (QED) is 0.597. The largest absolute Gasteiger partial charge is 0.391 e. The summed E-state index contributed by atoms with van der Waals surface area (Å²) < 4.78 is 20.9. The Labute approximate surface area is 119 Å². The standard InChI is InChI=1S/C13H15FN2O5/c1-4-13(14)10(19)9(7(3)17)21-11(13)16-6(2)5-8(18)15-12(16)20/h1,5,7,9-11,17,19H,2-3H3,(H,15,18,20)/t7-,9+,10?,11+,13+/m0/s1. The Morgan fingerprint density at radius 1 is 1.62 bits per heavy atom. The van der Waals surface area contributed by atoms with Gasteiger partial charge in [-0.25, -0.2) is 9.18 Å². The smallest absolute Gasteiger partial charge is 0.330 e. The van der Waals surface area contributed by atoms with Crippen molar-refractivity contribution in [1.82, 2.24) is 9.55 Å². The summed E-state index contributed by atoms with van der Waals surface area (Å²) in [6.07, 6.45) is -0.819. The van der Waals surface area contributed by atoms with Gasteiger partial charge in [-0.3, -0.25) is 14.3 Å². The van der Waals surface area contributed by atoms with Crippen LogP contribution >= 0.6 is 0 Å². The van der Waals surface area contributed by atoms with Crippen LogP contribution < -0.4 is 11.2 Å². The van der Waals surface area contributed by atoms with Crippen molar-refractivity contribution in [2.75, 3.05) is 0 Å². The number of rotatable bonds is 2. The van der Waals surface area contributed by atoms with E-state index in [0.29, 0.717) is 0 Å². The first kappa shape index (κ1) is 15.4. The molecule has 0 aliphatic carbocycles. The van der Waals surface area contributed by atoms with Gasteiger partial charge in [0.05, 0.1) is 6.10 Å². The molecule has 0 aromatic carbocycles. The summed E-state index contributed by atoms with van der Waals surface area (Å²) in [6, 6.07) is 1.07. The van der Waals surface area contributed by atoms with Crippen LogP contribution in [0.15, 0.2) is 15.7 Å². The highest BCUT2D eigenvalue weighted by molar-refractivity contribution is 5.21. The molecule has 0 bridgehead atoms. The van der Waals surface area contributed by atoms with Crippen LogP contribution in [0, 0.1) is 19.3 Å². The summed E-state index contributed by atoms with van der Waals surface area (Å²) in [5.41, 5.74) is -4.16. The highest BCUT2D eigenvalue weighted by Gasteiger charge is 2.59. The van der Waals surface area contributed by atoms with Crippen LogP contribution in [-0.2, 0) is 4.74 Å². The molecule has 1 aliphatic rings. The number of H-pyrrole nitrogens is 1. The summed E-state index contributed by atoms with van der Waals surface area (Å²) in [5, 5.41) is 19.5. The number of aromatic nitrogens is 2. The summed E-state index contributed by atoms with van der Waals surface area (Å²) >= 11 is 0.